The maximum absolute atomic E-state index is 14.1. The summed E-state index contributed by atoms with van der Waals surface area (Å²) in [7, 11) is 0. The Hall–Kier alpha value is -4.68. The summed E-state index contributed by atoms with van der Waals surface area (Å²) in [5.74, 6) is -1.38. The number of esters is 1. The minimum atomic E-state index is -1.15. The van der Waals surface area contributed by atoms with Crippen LogP contribution >= 0.6 is 15.9 Å². The van der Waals surface area contributed by atoms with Gasteiger partial charge in [-0.3, -0.25) is 14.4 Å². The molecule has 4 bridgehead atoms. The molecule has 4 aromatic rings. The van der Waals surface area contributed by atoms with Crippen LogP contribution in [0.15, 0.2) is 75.6 Å². The summed E-state index contributed by atoms with van der Waals surface area (Å²) in [6.45, 7) is 5.35. The molecule has 12 heteroatoms. The van der Waals surface area contributed by atoms with E-state index in [2.05, 4.69) is 31.9 Å². The van der Waals surface area contributed by atoms with Crippen molar-refractivity contribution in [1.29, 1.82) is 0 Å². The molecule has 1 unspecified atom stereocenters. The van der Waals surface area contributed by atoms with Gasteiger partial charge in [0.2, 0.25) is 11.8 Å². The van der Waals surface area contributed by atoms with E-state index in [0.717, 1.165) is 32.4 Å². The first-order chi connectivity index (χ1) is 23.6. The van der Waals surface area contributed by atoms with Crippen LogP contribution in [0.25, 0.3) is 0 Å². The van der Waals surface area contributed by atoms with Gasteiger partial charge in [-0.2, -0.15) is 0 Å². The molecule has 254 valence electrons. The number of hydrogen-bond acceptors (Lipinski definition) is 9. The third-order valence-electron chi connectivity index (χ3n) is 9.43. The largest absolute Gasteiger partial charge is 0.469 e. The molecule has 4 N–H and O–H groups in total. The average molecular weight is 730 g/mol. The summed E-state index contributed by atoms with van der Waals surface area (Å²) in [5.41, 5.74) is 2.86. The summed E-state index contributed by atoms with van der Waals surface area (Å²) < 4.78 is 19.7. The van der Waals surface area contributed by atoms with Gasteiger partial charge in [0.25, 0.3) is 5.91 Å². The lowest BCUT2D eigenvalue weighted by Gasteiger charge is -2.28. The lowest BCUT2D eigenvalue weighted by molar-refractivity contribution is -0.148. The highest BCUT2D eigenvalue weighted by Gasteiger charge is 2.61. The topological polar surface area (TPSA) is 152 Å². The maximum Gasteiger partial charge on any atom is 0.306 e. The predicted molar refractivity (Wildman–Crippen MR) is 183 cm³/mol. The van der Waals surface area contributed by atoms with Crippen LogP contribution in [-0.2, 0) is 32.8 Å². The van der Waals surface area contributed by atoms with Gasteiger partial charge in [0.1, 0.15) is 23.8 Å². The van der Waals surface area contributed by atoms with Gasteiger partial charge in [-0.1, -0.05) is 68.4 Å². The second-order valence-corrected chi connectivity index (χ2v) is 14.1. The number of carbonyl (C=O) groups excluding carboxylic acids is 3. The van der Waals surface area contributed by atoms with Crippen LogP contribution in [0.1, 0.15) is 77.6 Å². The zero-order valence-corrected chi connectivity index (χ0v) is 28.9. The highest BCUT2D eigenvalue weighted by molar-refractivity contribution is 9.10. The van der Waals surface area contributed by atoms with Gasteiger partial charge in [-0.15, -0.1) is 0 Å². The van der Waals surface area contributed by atoms with Crippen LogP contribution < -0.4 is 20.7 Å². The van der Waals surface area contributed by atoms with Crippen molar-refractivity contribution in [1.82, 2.24) is 15.6 Å². The highest BCUT2D eigenvalue weighted by atomic mass is 79.9. The van der Waals surface area contributed by atoms with Gasteiger partial charge in [-0.05, 0) is 58.5 Å². The molecule has 49 heavy (non-hydrogen) atoms. The van der Waals surface area contributed by atoms with Gasteiger partial charge in [0.05, 0.1) is 24.6 Å². The summed E-state index contributed by atoms with van der Waals surface area (Å²) in [6.07, 6.45) is -0.601. The number of oxazole rings is 1. The second kappa shape index (κ2) is 13.0. The number of nitrogens with one attached hydrogen (secondary N) is 3. The summed E-state index contributed by atoms with van der Waals surface area (Å²) in [4.78, 5) is 46.0. The molecule has 0 radical (unpaired) electrons. The molecule has 11 nitrogen and oxygen atoms in total. The molecule has 4 heterocycles. The van der Waals surface area contributed by atoms with Crippen LogP contribution in [-0.4, -0.2) is 46.8 Å². The van der Waals surface area contributed by atoms with Crippen molar-refractivity contribution in [3.8, 4) is 5.75 Å². The normalized spacial score (nSPS) is 22.4. The predicted octanol–water partition coefficient (Wildman–Crippen LogP) is 5.15. The molecule has 7 rings (SSSR count). The Balaban J connectivity index is 1.38. The molecule has 5 atom stereocenters. The molecule has 3 aliphatic rings. The van der Waals surface area contributed by atoms with Gasteiger partial charge in [0.15, 0.2) is 17.7 Å². The van der Waals surface area contributed by atoms with E-state index in [1.807, 2.05) is 80.6 Å². The van der Waals surface area contributed by atoms with Gasteiger partial charge < -0.3 is 34.9 Å². The van der Waals surface area contributed by atoms with E-state index < -0.39 is 41.5 Å². The van der Waals surface area contributed by atoms with Crippen molar-refractivity contribution in [2.45, 2.75) is 63.9 Å². The Morgan fingerprint density at radius 3 is 2.63 bits per heavy atom. The molecule has 1 aromatic heterocycles. The molecule has 0 saturated heterocycles. The number of para-hydroxylation sites is 1. The molecule has 2 amide bonds. The summed E-state index contributed by atoms with van der Waals surface area (Å²) in [6, 6.07) is 19.6. The van der Waals surface area contributed by atoms with Crippen molar-refractivity contribution in [3.05, 3.63) is 111 Å². The Bertz CT molecular complexity index is 1930. The number of aliphatic hydroxyl groups excluding tert-OH is 1. The standard InChI is InChI=1S/C37H37BrN4O7/c1-19(2)29-35-41-31(34(46)39-20(3)17-43)32(49-35)37-24-10-7-11-26(38)30(24)42-36(37)48-27-13-12-22(15-25(27)37)14-23(33(45)40-29)16-28(44)47-18-21-8-5-4-6-9-21/h4-13,15,19-20,23,29,36,42-43H,14,16-18H2,1-3H3,(H,39,46)(H,40,45)/t20-,23+,29-,36-,37?/m0/s1. The molecule has 1 spiro atoms. The highest BCUT2D eigenvalue weighted by Crippen LogP contribution is 2.59. The molecule has 0 aliphatic carbocycles. The molecule has 0 fully saturated rings. The second-order valence-electron chi connectivity index (χ2n) is 13.2. The van der Waals surface area contributed by atoms with Crippen molar-refractivity contribution in [3.63, 3.8) is 0 Å². The van der Waals surface area contributed by atoms with Crippen molar-refractivity contribution < 1.29 is 33.4 Å². The van der Waals surface area contributed by atoms with Gasteiger partial charge >= 0.3 is 5.97 Å². The van der Waals surface area contributed by atoms with Crippen molar-refractivity contribution >= 4 is 39.4 Å². The number of halogens is 1. The first-order valence-corrected chi connectivity index (χ1v) is 17.2. The lowest BCUT2D eigenvalue weighted by atomic mass is 9.72. The number of hydrogen-bond donors (Lipinski definition) is 4. The Labute approximate surface area is 291 Å². The van der Waals surface area contributed by atoms with Crippen LogP contribution in [0.2, 0.25) is 0 Å². The number of nitrogens with zero attached hydrogens (tertiary/aromatic N) is 1. The minimum Gasteiger partial charge on any atom is -0.469 e. The number of rotatable bonds is 8. The average Bonchev–Trinajstić information content (AvgIpc) is 3.76. The minimum absolute atomic E-state index is 0.0250. The Kier molecular flexibility index (Phi) is 8.70. The van der Waals surface area contributed by atoms with Gasteiger partial charge in [-0.25, -0.2) is 4.98 Å². The quantitative estimate of drug-likeness (QED) is 0.181. The number of fused-ring (bicyclic) bond motifs is 4. The van der Waals surface area contributed by atoms with E-state index in [-0.39, 0.29) is 55.2 Å². The number of anilines is 1. The number of carbonyl (C=O) groups is 3. The fourth-order valence-electron chi connectivity index (χ4n) is 6.94. The monoisotopic (exact) mass is 728 g/mol. The van der Waals surface area contributed by atoms with Gasteiger partial charge in [0, 0.05) is 21.6 Å². The number of aliphatic hydroxyl groups is 1. The zero-order chi connectivity index (χ0) is 34.4. The summed E-state index contributed by atoms with van der Waals surface area (Å²) in [5, 5.41) is 19.2. The van der Waals surface area contributed by atoms with E-state index in [1.165, 1.54) is 0 Å². The maximum atomic E-state index is 14.1. The number of ether oxygens (including phenoxy) is 2. The van der Waals surface area contributed by atoms with E-state index in [9.17, 15) is 19.5 Å². The molecular formula is C37H37BrN4O7. The SMILES string of the molecule is CC(C)[C@@H]1NC(=O)[C@@H](CC(=O)OCc2ccccc2)Cc2ccc3c(c2)C2(c4cccc(Br)c4N[C@H]2O3)c2oc1nc2C(=O)N[C@@H](C)CO. The smallest absolute Gasteiger partial charge is 0.306 e. The summed E-state index contributed by atoms with van der Waals surface area (Å²) >= 11 is 3.68. The Morgan fingerprint density at radius 2 is 1.88 bits per heavy atom. The Morgan fingerprint density at radius 1 is 1.08 bits per heavy atom. The zero-order valence-electron chi connectivity index (χ0n) is 27.3. The van der Waals surface area contributed by atoms with E-state index >= 15 is 0 Å². The van der Waals surface area contributed by atoms with Crippen LogP contribution in [0.4, 0.5) is 5.69 Å². The first-order valence-electron chi connectivity index (χ1n) is 16.4. The van der Waals surface area contributed by atoms with E-state index in [1.54, 1.807) is 6.92 Å². The molecule has 3 aliphatic heterocycles. The molecule has 3 aromatic carbocycles. The van der Waals surface area contributed by atoms with E-state index in [0.29, 0.717) is 5.75 Å². The fourth-order valence-corrected chi connectivity index (χ4v) is 7.42. The van der Waals surface area contributed by atoms with Crippen LogP contribution in [0, 0.1) is 11.8 Å². The lowest BCUT2D eigenvalue weighted by Crippen LogP contribution is -2.42. The van der Waals surface area contributed by atoms with Crippen molar-refractivity contribution in [2.24, 2.45) is 11.8 Å². The van der Waals surface area contributed by atoms with Crippen LogP contribution in [0.5, 0.6) is 5.75 Å². The number of amides is 2. The number of benzene rings is 3. The number of aromatic nitrogens is 1. The first kappa shape index (κ1) is 32.8. The fraction of sp³-hybridized carbons (Fsp3) is 0.351. The molecular weight excluding hydrogens is 692 g/mol. The molecule has 0 saturated carbocycles. The van der Waals surface area contributed by atoms with Crippen LogP contribution in [0.3, 0.4) is 0 Å². The van der Waals surface area contributed by atoms with E-state index in [4.69, 9.17) is 18.9 Å². The third kappa shape index (κ3) is 5.76. The van der Waals surface area contributed by atoms with Crippen molar-refractivity contribution in [2.75, 3.05) is 11.9 Å². The third-order valence-corrected chi connectivity index (χ3v) is 10.1.